The van der Waals surface area contributed by atoms with E-state index in [1.807, 2.05) is 0 Å². The molecule has 0 aromatic carbocycles. The molecule has 0 saturated carbocycles. The van der Waals surface area contributed by atoms with Crippen molar-refractivity contribution in [3.05, 3.63) is 0 Å². The molecule has 0 rings (SSSR count). The third-order valence-electron chi connectivity index (χ3n) is 0. The summed E-state index contributed by atoms with van der Waals surface area (Å²) in [6.07, 6.45) is 0. The van der Waals surface area contributed by atoms with Crippen molar-refractivity contribution in [2.45, 2.75) is 0 Å². The van der Waals surface area contributed by atoms with E-state index in [0.29, 0.717) is 0 Å². The molecule has 16 heavy (non-hydrogen) atoms. The summed E-state index contributed by atoms with van der Waals surface area (Å²) in [6, 6.07) is 0. The number of hydrogen-bond acceptors (Lipinski definition) is 7. The van der Waals surface area contributed by atoms with Crippen molar-refractivity contribution >= 4 is 32.2 Å². The second-order valence-electron chi connectivity index (χ2n) is 1.10. The maximum Gasteiger partial charge on any atom is 1.00 e. The Hall–Kier alpha value is 1.81. The van der Waals surface area contributed by atoms with Crippen LogP contribution >= 0.6 is 0 Å². The van der Waals surface area contributed by atoms with Crippen LogP contribution in [0.4, 0.5) is 0 Å². The molecule has 0 amide bonds. The molecule has 0 fully saturated rings. The fraction of sp³-hybridized carbons (Fsp3) is 0. The molecule has 0 heterocycles. The molecule has 0 radical (unpaired) electrons. The minimum atomic E-state index is -4.67. The first-order valence-electron chi connectivity index (χ1n) is 1.90. The molecule has 0 aliphatic heterocycles. The normalized spacial score (nSPS) is 9.44. The van der Waals surface area contributed by atoms with Gasteiger partial charge in [-0.25, -0.2) is 0 Å². The van der Waals surface area contributed by atoms with Gasteiger partial charge in [-0.05, 0) is 0 Å². The van der Waals surface area contributed by atoms with Gasteiger partial charge in [0, 0.05) is 0 Å². The van der Waals surface area contributed by atoms with Gasteiger partial charge in [-0.1, -0.05) is 0 Å². The van der Waals surface area contributed by atoms with Crippen LogP contribution in [-0.2, 0) is 32.2 Å². The number of hydrogen-bond donors (Lipinski definition) is 4. The molecule has 16 heteroatoms. The summed E-state index contributed by atoms with van der Waals surface area (Å²) < 4.78 is 88.5. The van der Waals surface area contributed by atoms with Gasteiger partial charge < -0.3 is 9.11 Å². The minimum absolute atomic E-state index is 0. The van der Waals surface area contributed by atoms with E-state index in [4.69, 9.17) is 48.4 Å². The van der Waals surface area contributed by atoms with Gasteiger partial charge in [0.1, 0.15) is 0 Å². The predicted octanol–water partition coefficient (Wildman–Crippen LogP) is -8.30. The molecule has 0 spiro atoms. The summed E-state index contributed by atoms with van der Waals surface area (Å²) in [7, 11) is -9.33. The zero-order valence-electron chi connectivity index (χ0n) is 7.87. The fourth-order valence-corrected chi connectivity index (χ4v) is 0. The standard InChI is InChI=1S/2Na.2H2O4S.H2O3S/c;;2*1-5(2,3)4;1-4(2)3/h;;2*(H2,1,2,3,4);(H2,1,2,3)/q2*+1;;;/p-2. The van der Waals surface area contributed by atoms with E-state index in [1.165, 1.54) is 0 Å². The van der Waals surface area contributed by atoms with Crippen LogP contribution in [0.2, 0.25) is 0 Å². The van der Waals surface area contributed by atoms with Crippen molar-refractivity contribution in [3.63, 3.8) is 0 Å². The van der Waals surface area contributed by atoms with Crippen molar-refractivity contribution in [1.29, 1.82) is 0 Å². The Morgan fingerprint density at radius 2 is 0.750 bits per heavy atom. The Bertz CT molecular complexity index is 285. The van der Waals surface area contributed by atoms with Crippen LogP contribution in [0, 0.1) is 0 Å². The van der Waals surface area contributed by atoms with E-state index in [9.17, 15) is 0 Å². The summed E-state index contributed by atoms with van der Waals surface area (Å²) >= 11 is -3.11. The fourth-order valence-electron chi connectivity index (χ4n) is 0. The second kappa shape index (κ2) is 14.9. The molecule has 4 N–H and O–H groups in total. The van der Waals surface area contributed by atoms with Gasteiger partial charge in [0.15, 0.2) is 0 Å². The van der Waals surface area contributed by atoms with Crippen LogP contribution in [0.15, 0.2) is 0 Å². The van der Waals surface area contributed by atoms with Gasteiger partial charge in [-0.2, -0.15) is 16.8 Å². The van der Waals surface area contributed by atoms with Crippen molar-refractivity contribution < 1.29 is 107 Å². The molecule has 0 atom stereocenters. The number of rotatable bonds is 0. The first kappa shape index (κ1) is 30.7. The third-order valence-corrected chi connectivity index (χ3v) is 0. The molecular weight excluding hydrogens is 318 g/mol. The van der Waals surface area contributed by atoms with Crippen LogP contribution in [0.5, 0.6) is 0 Å². The Morgan fingerprint density at radius 1 is 0.750 bits per heavy atom. The first-order valence-corrected chi connectivity index (χ1v) is 5.69. The molecule has 0 aliphatic carbocycles. The maximum absolute atomic E-state index is 8.74. The Balaban J connectivity index is -0.0000000358. The second-order valence-corrected chi connectivity index (χ2v) is 3.30. The largest absolute Gasteiger partial charge is 1.00 e. The Morgan fingerprint density at radius 3 is 0.750 bits per heavy atom. The molecule has 0 aliphatic rings. The molecule has 0 unspecified atom stereocenters. The van der Waals surface area contributed by atoms with Crippen LogP contribution < -0.4 is 59.1 Å². The molecule has 0 saturated heterocycles. The third kappa shape index (κ3) is 1060. The first-order chi connectivity index (χ1) is 5.73. The van der Waals surface area contributed by atoms with Gasteiger partial charge in [0.2, 0.25) is 0 Å². The summed E-state index contributed by atoms with van der Waals surface area (Å²) in [5, 5.41) is 0. The van der Waals surface area contributed by atoms with E-state index in [0.717, 1.165) is 0 Å². The van der Waals surface area contributed by atoms with E-state index in [2.05, 4.69) is 0 Å². The van der Waals surface area contributed by atoms with E-state index < -0.39 is 32.2 Å². The maximum atomic E-state index is 8.74. The molecule has 0 aromatic heterocycles. The molecule has 90 valence electrons. The van der Waals surface area contributed by atoms with Gasteiger partial charge >= 0.3 is 79.9 Å². The molecule has 11 nitrogen and oxygen atoms in total. The predicted molar refractivity (Wildman–Crippen MR) is 38.1 cm³/mol. The van der Waals surface area contributed by atoms with Crippen LogP contribution in [0.3, 0.4) is 0 Å². The van der Waals surface area contributed by atoms with Crippen LogP contribution in [-0.4, -0.2) is 48.4 Å². The SMILES string of the molecule is O=S(=O)(O)O.O=S(=O)(O)O.O=S([O-])[O-].[Na+].[Na+]. The van der Waals surface area contributed by atoms with Gasteiger partial charge in [-0.15, -0.1) is 11.4 Å². The molecular formula is H4Na2O11S3. The van der Waals surface area contributed by atoms with Gasteiger partial charge in [0.25, 0.3) is 0 Å². The van der Waals surface area contributed by atoms with Crippen LogP contribution in [0.25, 0.3) is 0 Å². The van der Waals surface area contributed by atoms with E-state index in [-0.39, 0.29) is 59.1 Å². The smallest absolute Gasteiger partial charge is 0.784 e. The zero-order chi connectivity index (χ0) is 12.6. The summed E-state index contributed by atoms with van der Waals surface area (Å²) in [4.78, 5) is 0. The van der Waals surface area contributed by atoms with Crippen molar-refractivity contribution in [1.82, 2.24) is 0 Å². The zero-order valence-corrected chi connectivity index (χ0v) is 14.3. The quantitative estimate of drug-likeness (QED) is 0.187. The summed E-state index contributed by atoms with van der Waals surface area (Å²) in [5.74, 6) is 0. The van der Waals surface area contributed by atoms with E-state index in [1.54, 1.807) is 0 Å². The molecule has 0 aromatic rings. The van der Waals surface area contributed by atoms with Crippen LogP contribution in [0.1, 0.15) is 0 Å². The minimum Gasteiger partial charge on any atom is -0.784 e. The monoisotopic (exact) mass is 322 g/mol. The van der Waals surface area contributed by atoms with E-state index >= 15 is 0 Å². The average Bonchev–Trinajstić information content (AvgIpc) is 1.45. The van der Waals surface area contributed by atoms with Crippen molar-refractivity contribution in [2.24, 2.45) is 0 Å². The van der Waals surface area contributed by atoms with Gasteiger partial charge in [0.05, 0.1) is 0 Å². The van der Waals surface area contributed by atoms with Gasteiger partial charge in [-0.3, -0.25) is 22.4 Å². The Labute approximate surface area is 138 Å². The average molecular weight is 322 g/mol. The van der Waals surface area contributed by atoms with Crippen molar-refractivity contribution in [3.8, 4) is 0 Å². The molecule has 0 bridgehead atoms. The topological polar surface area (TPSA) is 212 Å². The Kier molecular flexibility index (Phi) is 28.5. The summed E-state index contributed by atoms with van der Waals surface area (Å²) in [6.45, 7) is 0. The summed E-state index contributed by atoms with van der Waals surface area (Å²) in [5.41, 5.74) is 0. The van der Waals surface area contributed by atoms with Crippen molar-refractivity contribution in [2.75, 3.05) is 0 Å².